The van der Waals surface area contributed by atoms with E-state index in [1.165, 1.54) is 0 Å². The summed E-state index contributed by atoms with van der Waals surface area (Å²) in [6.45, 7) is 3.23. The van der Waals surface area contributed by atoms with Crippen molar-refractivity contribution in [3.8, 4) is 5.75 Å². The minimum atomic E-state index is -0.141. The molecular weight excluding hydrogens is 364 g/mol. The van der Waals surface area contributed by atoms with Crippen LogP contribution in [0.25, 0.3) is 0 Å². The van der Waals surface area contributed by atoms with E-state index in [2.05, 4.69) is 5.32 Å². The molecule has 1 fully saturated rings. The Kier molecular flexibility index (Phi) is 6.35. The first kappa shape index (κ1) is 19.2. The van der Waals surface area contributed by atoms with Crippen LogP contribution >= 0.6 is 11.6 Å². The summed E-state index contributed by atoms with van der Waals surface area (Å²) in [7, 11) is 0. The van der Waals surface area contributed by atoms with E-state index in [1.54, 1.807) is 24.3 Å². The Bertz CT molecular complexity index is 782. The lowest BCUT2D eigenvalue weighted by Gasteiger charge is -2.32. The summed E-state index contributed by atoms with van der Waals surface area (Å²) in [5.41, 5.74) is 1.78. The summed E-state index contributed by atoms with van der Waals surface area (Å²) in [4.78, 5) is 26.4. The maximum atomic E-state index is 12.5. The van der Waals surface area contributed by atoms with E-state index in [0.717, 1.165) is 18.4 Å². The maximum Gasteiger partial charge on any atom is 0.258 e. The molecule has 0 saturated carbocycles. The van der Waals surface area contributed by atoms with E-state index >= 15 is 0 Å². The number of hydrogen-bond donors (Lipinski definition) is 1. The third-order valence-corrected chi connectivity index (χ3v) is 4.88. The van der Waals surface area contributed by atoms with E-state index in [1.807, 2.05) is 36.1 Å². The van der Waals surface area contributed by atoms with Gasteiger partial charge in [0.05, 0.1) is 0 Å². The molecule has 0 aliphatic carbocycles. The molecule has 1 heterocycles. The normalized spacial score (nSPS) is 14.7. The number of piperidine rings is 1. The number of amides is 2. The molecule has 27 heavy (non-hydrogen) atoms. The van der Waals surface area contributed by atoms with Gasteiger partial charge in [0.15, 0.2) is 6.61 Å². The van der Waals surface area contributed by atoms with Crippen LogP contribution in [0.3, 0.4) is 0 Å². The van der Waals surface area contributed by atoms with Crippen LogP contribution in [0.2, 0.25) is 5.02 Å². The van der Waals surface area contributed by atoms with Gasteiger partial charge in [-0.25, -0.2) is 0 Å². The molecular formula is C21H23ClN2O3. The molecule has 3 rings (SSSR count). The van der Waals surface area contributed by atoms with Crippen molar-refractivity contribution in [2.75, 3.05) is 19.7 Å². The van der Waals surface area contributed by atoms with E-state index < -0.39 is 0 Å². The van der Waals surface area contributed by atoms with Crippen LogP contribution in [0.1, 0.15) is 28.8 Å². The number of carbonyl (C=O) groups is 2. The number of ether oxygens (including phenoxy) is 1. The van der Waals surface area contributed by atoms with Gasteiger partial charge in [-0.1, -0.05) is 29.3 Å². The zero-order valence-corrected chi connectivity index (χ0v) is 16.0. The van der Waals surface area contributed by atoms with Crippen LogP contribution in [0.5, 0.6) is 5.75 Å². The van der Waals surface area contributed by atoms with Crippen molar-refractivity contribution in [1.29, 1.82) is 0 Å². The van der Waals surface area contributed by atoms with Crippen LogP contribution in [-0.4, -0.2) is 42.5 Å². The highest BCUT2D eigenvalue weighted by Crippen LogP contribution is 2.16. The summed E-state index contributed by atoms with van der Waals surface area (Å²) >= 11 is 5.87. The Labute approximate surface area is 164 Å². The molecule has 1 saturated heterocycles. The SMILES string of the molecule is Cc1ccc(OCC(=O)NC2CCN(C(=O)c3ccc(Cl)cc3)CC2)cc1. The van der Waals surface area contributed by atoms with Crippen LogP contribution < -0.4 is 10.1 Å². The van der Waals surface area contributed by atoms with Gasteiger partial charge in [0.25, 0.3) is 11.8 Å². The van der Waals surface area contributed by atoms with Crippen molar-refractivity contribution < 1.29 is 14.3 Å². The standard InChI is InChI=1S/C21H23ClN2O3/c1-15-2-8-19(9-3-15)27-14-20(25)23-18-10-12-24(13-11-18)21(26)16-4-6-17(22)7-5-16/h2-9,18H,10-14H2,1H3,(H,23,25). The van der Waals surface area contributed by atoms with Crippen LogP contribution in [0, 0.1) is 6.92 Å². The summed E-state index contributed by atoms with van der Waals surface area (Å²) < 4.78 is 5.50. The zero-order valence-electron chi connectivity index (χ0n) is 15.3. The Morgan fingerprint density at radius 3 is 2.33 bits per heavy atom. The number of nitrogens with one attached hydrogen (secondary N) is 1. The van der Waals surface area contributed by atoms with Crippen LogP contribution in [0.4, 0.5) is 0 Å². The lowest BCUT2D eigenvalue weighted by atomic mass is 10.0. The molecule has 6 heteroatoms. The number of likely N-dealkylation sites (tertiary alicyclic amines) is 1. The molecule has 0 atom stereocenters. The second kappa shape index (κ2) is 8.91. The van der Waals surface area contributed by atoms with Gasteiger partial charge in [0, 0.05) is 29.7 Å². The quantitative estimate of drug-likeness (QED) is 0.856. The smallest absolute Gasteiger partial charge is 0.258 e. The monoisotopic (exact) mass is 386 g/mol. The molecule has 142 valence electrons. The zero-order chi connectivity index (χ0) is 19.2. The Morgan fingerprint density at radius 2 is 1.70 bits per heavy atom. The van der Waals surface area contributed by atoms with E-state index in [9.17, 15) is 9.59 Å². The topological polar surface area (TPSA) is 58.6 Å². The summed E-state index contributed by atoms with van der Waals surface area (Å²) in [5, 5.41) is 3.60. The molecule has 2 aromatic rings. The maximum absolute atomic E-state index is 12.5. The molecule has 0 radical (unpaired) electrons. The number of hydrogen-bond acceptors (Lipinski definition) is 3. The third kappa shape index (κ3) is 5.47. The Morgan fingerprint density at radius 1 is 1.07 bits per heavy atom. The second-order valence-corrected chi connectivity index (χ2v) is 7.18. The molecule has 0 spiro atoms. The van der Waals surface area contributed by atoms with E-state index in [4.69, 9.17) is 16.3 Å². The lowest BCUT2D eigenvalue weighted by Crippen LogP contribution is -2.47. The molecule has 0 aromatic heterocycles. The molecule has 2 aromatic carbocycles. The number of halogens is 1. The summed E-state index contributed by atoms with van der Waals surface area (Å²) in [5.74, 6) is 0.538. The highest BCUT2D eigenvalue weighted by molar-refractivity contribution is 6.30. The third-order valence-electron chi connectivity index (χ3n) is 4.63. The van der Waals surface area contributed by atoms with Crippen molar-refractivity contribution in [1.82, 2.24) is 10.2 Å². The fourth-order valence-electron chi connectivity index (χ4n) is 3.05. The van der Waals surface area contributed by atoms with Gasteiger partial charge in [0.1, 0.15) is 5.75 Å². The van der Waals surface area contributed by atoms with Gasteiger partial charge in [-0.05, 0) is 56.2 Å². The fourth-order valence-corrected chi connectivity index (χ4v) is 3.18. The first-order valence-electron chi connectivity index (χ1n) is 9.05. The Balaban J connectivity index is 1.42. The molecule has 2 amide bonds. The molecule has 1 N–H and O–H groups in total. The highest BCUT2D eigenvalue weighted by atomic mass is 35.5. The minimum Gasteiger partial charge on any atom is -0.484 e. The highest BCUT2D eigenvalue weighted by Gasteiger charge is 2.24. The van der Waals surface area contributed by atoms with Crippen molar-refractivity contribution >= 4 is 23.4 Å². The van der Waals surface area contributed by atoms with Crippen LogP contribution in [-0.2, 0) is 4.79 Å². The molecule has 5 nitrogen and oxygen atoms in total. The van der Waals surface area contributed by atoms with Crippen molar-refractivity contribution in [2.24, 2.45) is 0 Å². The molecule has 1 aliphatic heterocycles. The van der Waals surface area contributed by atoms with E-state index in [-0.39, 0.29) is 24.5 Å². The van der Waals surface area contributed by atoms with Gasteiger partial charge in [-0.15, -0.1) is 0 Å². The predicted molar refractivity (Wildman–Crippen MR) is 105 cm³/mol. The van der Waals surface area contributed by atoms with E-state index in [0.29, 0.717) is 29.4 Å². The number of rotatable bonds is 5. The predicted octanol–water partition coefficient (Wildman–Crippen LogP) is 3.45. The van der Waals surface area contributed by atoms with Gasteiger partial charge in [-0.3, -0.25) is 9.59 Å². The second-order valence-electron chi connectivity index (χ2n) is 6.74. The van der Waals surface area contributed by atoms with Crippen LogP contribution in [0.15, 0.2) is 48.5 Å². The molecule has 0 unspecified atom stereocenters. The van der Waals surface area contributed by atoms with Crippen molar-refractivity contribution in [2.45, 2.75) is 25.8 Å². The van der Waals surface area contributed by atoms with Gasteiger partial charge in [0.2, 0.25) is 0 Å². The average Bonchev–Trinajstić information content (AvgIpc) is 2.68. The number of aryl methyl sites for hydroxylation is 1. The van der Waals surface area contributed by atoms with Gasteiger partial charge >= 0.3 is 0 Å². The first-order chi connectivity index (χ1) is 13.0. The Hall–Kier alpha value is -2.53. The van der Waals surface area contributed by atoms with Gasteiger partial charge < -0.3 is 15.0 Å². The molecule has 0 bridgehead atoms. The summed E-state index contributed by atoms with van der Waals surface area (Å²) in [6, 6.07) is 14.6. The first-order valence-corrected chi connectivity index (χ1v) is 9.43. The lowest BCUT2D eigenvalue weighted by molar-refractivity contribution is -0.124. The summed E-state index contributed by atoms with van der Waals surface area (Å²) in [6.07, 6.45) is 1.46. The number of benzene rings is 2. The van der Waals surface area contributed by atoms with Crippen molar-refractivity contribution in [3.05, 3.63) is 64.7 Å². The largest absolute Gasteiger partial charge is 0.484 e. The number of nitrogens with zero attached hydrogens (tertiary/aromatic N) is 1. The minimum absolute atomic E-state index is 0.000789. The van der Waals surface area contributed by atoms with Gasteiger partial charge in [-0.2, -0.15) is 0 Å². The average molecular weight is 387 g/mol. The molecule has 1 aliphatic rings. The fraction of sp³-hybridized carbons (Fsp3) is 0.333. The number of carbonyl (C=O) groups excluding carboxylic acids is 2. The van der Waals surface area contributed by atoms with Crippen molar-refractivity contribution in [3.63, 3.8) is 0 Å².